The number of nitriles is 1. The third-order valence-corrected chi connectivity index (χ3v) is 3.13. The van der Waals surface area contributed by atoms with Gasteiger partial charge in [-0.3, -0.25) is 14.9 Å². The van der Waals surface area contributed by atoms with E-state index in [1.54, 1.807) is 6.07 Å². The van der Waals surface area contributed by atoms with Gasteiger partial charge in [-0.15, -0.1) is 0 Å². The van der Waals surface area contributed by atoms with E-state index in [0.29, 0.717) is 11.1 Å². The summed E-state index contributed by atoms with van der Waals surface area (Å²) >= 11 is 0. The van der Waals surface area contributed by atoms with Crippen molar-refractivity contribution in [1.29, 1.82) is 5.26 Å². The molecule has 0 unspecified atom stereocenters. The van der Waals surface area contributed by atoms with Crippen LogP contribution < -0.4 is 5.32 Å². The van der Waals surface area contributed by atoms with Gasteiger partial charge in [0.15, 0.2) is 0 Å². The quantitative estimate of drug-likeness (QED) is 0.519. The molecule has 0 fully saturated rings. The smallest absolute Gasteiger partial charge is 0.270 e. The van der Waals surface area contributed by atoms with Gasteiger partial charge in [-0.25, -0.2) is 4.39 Å². The van der Waals surface area contributed by atoms with Gasteiger partial charge in [0.2, 0.25) is 5.91 Å². The van der Waals surface area contributed by atoms with Crippen molar-refractivity contribution in [1.82, 2.24) is 5.32 Å². The molecule has 0 radical (unpaired) electrons. The molecule has 0 spiro atoms. The van der Waals surface area contributed by atoms with Crippen LogP contribution in [0.3, 0.4) is 0 Å². The minimum absolute atomic E-state index is 0.0845. The zero-order valence-electron chi connectivity index (χ0n) is 12.3. The summed E-state index contributed by atoms with van der Waals surface area (Å²) in [5.74, 6) is -0.982. The van der Waals surface area contributed by atoms with Crippen molar-refractivity contribution in [3.05, 3.63) is 81.7 Å². The van der Waals surface area contributed by atoms with E-state index < -0.39 is 22.7 Å². The van der Waals surface area contributed by atoms with Crippen LogP contribution in [0.1, 0.15) is 17.2 Å². The number of amides is 1. The van der Waals surface area contributed by atoms with Gasteiger partial charge < -0.3 is 5.32 Å². The van der Waals surface area contributed by atoms with Crippen LogP contribution in [0, 0.1) is 27.3 Å². The highest BCUT2D eigenvalue weighted by Crippen LogP contribution is 2.15. The van der Waals surface area contributed by atoms with Gasteiger partial charge in [-0.05, 0) is 29.3 Å². The number of halogens is 1. The molecule has 2 rings (SSSR count). The molecule has 1 N–H and O–H groups in total. The number of carbonyl (C=O) groups excluding carboxylic acids is 1. The van der Waals surface area contributed by atoms with E-state index in [9.17, 15) is 19.3 Å². The highest BCUT2D eigenvalue weighted by atomic mass is 19.1. The lowest BCUT2D eigenvalue weighted by atomic mass is 10.1. The third-order valence-electron chi connectivity index (χ3n) is 3.13. The maximum absolute atomic E-state index is 12.9. The standard InChI is InChI=1S/C17H12FN3O3/c18-14-7-5-13(6-8-14)16(11-19)20-17(22)9-4-12-2-1-3-15(10-12)21(23)24/h1-10,16H,(H,20,22)/b9-4+/t16-/m0/s1. The van der Waals surface area contributed by atoms with Crippen molar-refractivity contribution < 1.29 is 14.1 Å². The number of hydrogen-bond acceptors (Lipinski definition) is 4. The molecule has 120 valence electrons. The predicted molar refractivity (Wildman–Crippen MR) is 85.0 cm³/mol. The second-order valence-corrected chi connectivity index (χ2v) is 4.81. The Morgan fingerprint density at radius 3 is 2.62 bits per heavy atom. The summed E-state index contributed by atoms with van der Waals surface area (Å²) in [7, 11) is 0. The van der Waals surface area contributed by atoms with Gasteiger partial charge in [0.1, 0.15) is 11.9 Å². The maximum atomic E-state index is 12.9. The van der Waals surface area contributed by atoms with E-state index in [-0.39, 0.29) is 5.69 Å². The molecule has 1 atom stereocenters. The first-order valence-electron chi connectivity index (χ1n) is 6.87. The third kappa shape index (κ3) is 4.48. The van der Waals surface area contributed by atoms with Gasteiger partial charge in [0.05, 0.1) is 11.0 Å². The zero-order chi connectivity index (χ0) is 17.5. The number of non-ortho nitro benzene ring substituents is 1. The number of carbonyl (C=O) groups is 1. The average molecular weight is 325 g/mol. The van der Waals surface area contributed by atoms with Crippen LogP contribution in [0.15, 0.2) is 54.6 Å². The molecular weight excluding hydrogens is 313 g/mol. The number of hydrogen-bond donors (Lipinski definition) is 1. The Balaban J connectivity index is 2.06. The van der Waals surface area contributed by atoms with Crippen molar-refractivity contribution in [3.63, 3.8) is 0 Å². The summed E-state index contributed by atoms with van der Waals surface area (Å²) < 4.78 is 12.9. The molecule has 0 aliphatic heterocycles. The molecule has 0 heterocycles. The molecule has 0 aliphatic rings. The Hall–Kier alpha value is -3.53. The minimum atomic E-state index is -0.923. The lowest BCUT2D eigenvalue weighted by Crippen LogP contribution is -2.25. The summed E-state index contributed by atoms with van der Waals surface area (Å²) in [5, 5.41) is 22.3. The van der Waals surface area contributed by atoms with E-state index in [2.05, 4.69) is 5.32 Å². The molecule has 0 aliphatic carbocycles. The molecule has 0 saturated heterocycles. The van der Waals surface area contributed by atoms with Gasteiger partial charge in [-0.2, -0.15) is 5.26 Å². The van der Waals surface area contributed by atoms with Crippen molar-refractivity contribution in [3.8, 4) is 6.07 Å². The second kappa shape index (κ2) is 7.65. The van der Waals surface area contributed by atoms with E-state index in [0.717, 1.165) is 0 Å². The van der Waals surface area contributed by atoms with Crippen molar-refractivity contribution in [2.75, 3.05) is 0 Å². The van der Waals surface area contributed by atoms with E-state index >= 15 is 0 Å². The topological polar surface area (TPSA) is 96.0 Å². The fraction of sp³-hybridized carbons (Fsp3) is 0.0588. The fourth-order valence-electron chi connectivity index (χ4n) is 1.95. The molecule has 0 aromatic heterocycles. The van der Waals surface area contributed by atoms with E-state index in [4.69, 9.17) is 5.26 Å². The van der Waals surface area contributed by atoms with Crippen LogP contribution in [-0.4, -0.2) is 10.8 Å². The molecule has 1 amide bonds. The predicted octanol–water partition coefficient (Wildman–Crippen LogP) is 3.13. The van der Waals surface area contributed by atoms with Crippen LogP contribution in [0.5, 0.6) is 0 Å². The molecule has 7 heteroatoms. The first kappa shape index (κ1) is 16.8. The molecule has 2 aromatic carbocycles. The number of nitrogens with zero attached hydrogens (tertiary/aromatic N) is 2. The van der Waals surface area contributed by atoms with Crippen LogP contribution in [0.2, 0.25) is 0 Å². The van der Waals surface area contributed by atoms with Crippen molar-refractivity contribution >= 4 is 17.7 Å². The summed E-state index contributed by atoms with van der Waals surface area (Å²) in [6.45, 7) is 0. The Morgan fingerprint density at radius 2 is 2.00 bits per heavy atom. The first-order valence-corrected chi connectivity index (χ1v) is 6.87. The van der Waals surface area contributed by atoms with Crippen molar-refractivity contribution in [2.24, 2.45) is 0 Å². The summed E-state index contributed by atoms with van der Waals surface area (Å²) in [6, 6.07) is 12.0. The SMILES string of the molecule is N#C[C@H](NC(=O)/C=C/c1cccc([N+](=O)[O-])c1)c1ccc(F)cc1. The Labute approximate surface area is 137 Å². The second-order valence-electron chi connectivity index (χ2n) is 4.81. The maximum Gasteiger partial charge on any atom is 0.270 e. The minimum Gasteiger partial charge on any atom is -0.333 e. The monoisotopic (exact) mass is 325 g/mol. The van der Waals surface area contributed by atoms with Crippen LogP contribution in [-0.2, 0) is 4.79 Å². The molecule has 2 aromatic rings. The first-order chi connectivity index (χ1) is 11.5. The molecule has 0 bridgehead atoms. The van der Waals surface area contributed by atoms with E-state index in [1.807, 2.05) is 6.07 Å². The van der Waals surface area contributed by atoms with Crippen molar-refractivity contribution in [2.45, 2.75) is 6.04 Å². The van der Waals surface area contributed by atoms with Crippen LogP contribution in [0.4, 0.5) is 10.1 Å². The highest BCUT2D eigenvalue weighted by molar-refractivity contribution is 5.92. The number of nitro benzene ring substituents is 1. The lowest BCUT2D eigenvalue weighted by Gasteiger charge is -2.10. The normalized spacial score (nSPS) is 11.7. The Bertz CT molecular complexity index is 826. The fourth-order valence-corrected chi connectivity index (χ4v) is 1.95. The number of rotatable bonds is 5. The number of nitro groups is 1. The zero-order valence-corrected chi connectivity index (χ0v) is 12.3. The molecular formula is C17H12FN3O3. The Kier molecular flexibility index (Phi) is 5.36. The summed E-state index contributed by atoms with van der Waals surface area (Å²) in [6.07, 6.45) is 2.58. The molecule has 24 heavy (non-hydrogen) atoms. The van der Waals surface area contributed by atoms with Crippen LogP contribution >= 0.6 is 0 Å². The lowest BCUT2D eigenvalue weighted by molar-refractivity contribution is -0.384. The van der Waals surface area contributed by atoms with Gasteiger partial charge in [0, 0.05) is 18.2 Å². The molecule has 0 saturated carbocycles. The summed E-state index contributed by atoms with van der Waals surface area (Å²) in [4.78, 5) is 22.1. The Morgan fingerprint density at radius 1 is 1.29 bits per heavy atom. The van der Waals surface area contributed by atoms with Gasteiger partial charge >= 0.3 is 0 Å². The highest BCUT2D eigenvalue weighted by Gasteiger charge is 2.12. The molecule has 6 nitrogen and oxygen atoms in total. The largest absolute Gasteiger partial charge is 0.333 e. The van der Waals surface area contributed by atoms with Gasteiger partial charge in [-0.1, -0.05) is 24.3 Å². The van der Waals surface area contributed by atoms with Crippen LogP contribution in [0.25, 0.3) is 6.08 Å². The average Bonchev–Trinajstić information content (AvgIpc) is 2.59. The van der Waals surface area contributed by atoms with Gasteiger partial charge in [0.25, 0.3) is 5.69 Å². The number of benzene rings is 2. The number of nitrogens with one attached hydrogen (secondary N) is 1. The summed E-state index contributed by atoms with van der Waals surface area (Å²) in [5.41, 5.74) is 0.851. The van der Waals surface area contributed by atoms with E-state index in [1.165, 1.54) is 54.6 Å².